The maximum atomic E-state index is 12.7. The van der Waals surface area contributed by atoms with Crippen LogP contribution in [0.15, 0.2) is 47.4 Å². The third-order valence-corrected chi connectivity index (χ3v) is 4.09. The van der Waals surface area contributed by atoms with E-state index in [2.05, 4.69) is 25.1 Å². The monoisotopic (exact) mass is 437 g/mol. The average Bonchev–Trinajstić information content (AvgIpc) is 3.13. The zero-order valence-electron chi connectivity index (χ0n) is 16.4. The SMILES string of the molecule is COCC(NC(=O)c1cc(=O)[nH]c(-c2ccn(C)n2)n1)c1ccc(OC(F)(F)F)cc1. The van der Waals surface area contributed by atoms with Gasteiger partial charge >= 0.3 is 6.36 Å². The van der Waals surface area contributed by atoms with Crippen molar-refractivity contribution in [1.82, 2.24) is 25.1 Å². The van der Waals surface area contributed by atoms with Crippen molar-refractivity contribution in [2.75, 3.05) is 13.7 Å². The van der Waals surface area contributed by atoms with Crippen molar-refractivity contribution in [1.29, 1.82) is 0 Å². The number of halogens is 3. The molecule has 0 radical (unpaired) electrons. The highest BCUT2D eigenvalue weighted by Crippen LogP contribution is 2.24. The standard InChI is InChI=1S/C19H18F3N5O4/c1-27-8-7-13(26-27)17-23-14(9-16(28)25-17)18(29)24-15(10-30-2)11-3-5-12(6-4-11)31-19(20,21)22/h3-9,15H,10H2,1-2H3,(H,24,29)(H,23,25,28). The molecule has 31 heavy (non-hydrogen) atoms. The molecule has 3 aromatic rings. The normalized spacial score (nSPS) is 12.4. The number of alkyl halides is 3. The van der Waals surface area contributed by atoms with Crippen LogP contribution in [-0.4, -0.2) is 45.7 Å². The van der Waals surface area contributed by atoms with Crippen molar-refractivity contribution in [3.8, 4) is 17.3 Å². The molecule has 0 spiro atoms. The van der Waals surface area contributed by atoms with Crippen LogP contribution in [0, 0.1) is 0 Å². The van der Waals surface area contributed by atoms with Crippen LogP contribution in [0.3, 0.4) is 0 Å². The van der Waals surface area contributed by atoms with Gasteiger partial charge in [0.2, 0.25) is 0 Å². The molecule has 2 N–H and O–H groups in total. The summed E-state index contributed by atoms with van der Waals surface area (Å²) in [6.07, 6.45) is -3.15. The Balaban J connectivity index is 1.81. The Morgan fingerprint density at radius 1 is 1.26 bits per heavy atom. The first-order chi connectivity index (χ1) is 14.6. The minimum absolute atomic E-state index is 0.0293. The minimum Gasteiger partial charge on any atom is -0.406 e. The van der Waals surface area contributed by atoms with E-state index in [1.54, 1.807) is 19.3 Å². The van der Waals surface area contributed by atoms with Crippen molar-refractivity contribution in [3.63, 3.8) is 0 Å². The Hall–Kier alpha value is -3.67. The molecule has 2 aromatic heterocycles. The van der Waals surface area contributed by atoms with E-state index >= 15 is 0 Å². The molecular weight excluding hydrogens is 419 g/mol. The smallest absolute Gasteiger partial charge is 0.406 e. The summed E-state index contributed by atoms with van der Waals surface area (Å²) in [7, 11) is 3.10. The number of ether oxygens (including phenoxy) is 2. The van der Waals surface area contributed by atoms with Crippen molar-refractivity contribution >= 4 is 5.91 Å². The van der Waals surface area contributed by atoms with Gasteiger partial charge in [-0.3, -0.25) is 14.3 Å². The molecule has 9 nitrogen and oxygen atoms in total. The lowest BCUT2D eigenvalue weighted by Gasteiger charge is -2.19. The number of aromatic nitrogens is 4. The van der Waals surface area contributed by atoms with Crippen LogP contribution in [0.5, 0.6) is 5.75 Å². The van der Waals surface area contributed by atoms with Gasteiger partial charge in [-0.15, -0.1) is 13.2 Å². The van der Waals surface area contributed by atoms with Crippen molar-refractivity contribution in [3.05, 3.63) is 64.2 Å². The maximum Gasteiger partial charge on any atom is 0.573 e. The Bertz CT molecular complexity index is 1110. The van der Waals surface area contributed by atoms with Crippen molar-refractivity contribution in [2.24, 2.45) is 7.05 Å². The Morgan fingerprint density at radius 2 is 1.97 bits per heavy atom. The van der Waals surface area contributed by atoms with Gasteiger partial charge in [0.15, 0.2) is 5.82 Å². The van der Waals surface area contributed by atoms with E-state index < -0.39 is 29.6 Å². The second-order valence-corrected chi connectivity index (χ2v) is 6.45. The summed E-state index contributed by atoms with van der Waals surface area (Å²) >= 11 is 0. The van der Waals surface area contributed by atoms with Crippen LogP contribution in [0.2, 0.25) is 0 Å². The lowest BCUT2D eigenvalue weighted by Crippen LogP contribution is -2.33. The largest absolute Gasteiger partial charge is 0.573 e. The molecule has 12 heteroatoms. The highest BCUT2D eigenvalue weighted by atomic mass is 19.4. The van der Waals surface area contributed by atoms with Gasteiger partial charge in [-0.25, -0.2) is 4.98 Å². The van der Waals surface area contributed by atoms with E-state index in [9.17, 15) is 22.8 Å². The number of rotatable bonds is 7. The number of methoxy groups -OCH3 is 1. The molecule has 0 aliphatic carbocycles. The zero-order valence-corrected chi connectivity index (χ0v) is 16.4. The number of H-pyrrole nitrogens is 1. The molecule has 0 aliphatic rings. The molecule has 0 aliphatic heterocycles. The van der Waals surface area contributed by atoms with E-state index in [4.69, 9.17) is 4.74 Å². The number of hydrogen-bond acceptors (Lipinski definition) is 6. The second kappa shape index (κ2) is 9.00. The first kappa shape index (κ1) is 22.0. The summed E-state index contributed by atoms with van der Waals surface area (Å²) < 4.78 is 47.4. The van der Waals surface area contributed by atoms with E-state index in [1.807, 2.05) is 0 Å². The lowest BCUT2D eigenvalue weighted by molar-refractivity contribution is -0.274. The third kappa shape index (κ3) is 5.92. The van der Waals surface area contributed by atoms with E-state index in [0.29, 0.717) is 11.3 Å². The Kier molecular flexibility index (Phi) is 6.39. The molecule has 0 bridgehead atoms. The topological polar surface area (TPSA) is 111 Å². The number of benzene rings is 1. The molecular formula is C19H18F3N5O4. The number of nitrogens with zero attached hydrogens (tertiary/aromatic N) is 3. The first-order valence-corrected chi connectivity index (χ1v) is 8.91. The van der Waals surface area contributed by atoms with Crippen LogP contribution < -0.4 is 15.6 Å². The molecule has 0 saturated heterocycles. The van der Waals surface area contributed by atoms with Gasteiger partial charge in [0.25, 0.3) is 11.5 Å². The second-order valence-electron chi connectivity index (χ2n) is 6.45. The molecule has 3 rings (SSSR count). The predicted octanol–water partition coefficient (Wildman–Crippen LogP) is 2.19. The summed E-state index contributed by atoms with van der Waals surface area (Å²) in [5.41, 5.74) is 0.155. The number of carbonyl (C=O) groups is 1. The van der Waals surface area contributed by atoms with Crippen molar-refractivity contribution < 1.29 is 27.4 Å². The molecule has 1 atom stereocenters. The minimum atomic E-state index is -4.81. The molecule has 1 aromatic carbocycles. The fourth-order valence-electron chi connectivity index (χ4n) is 2.76. The van der Waals surface area contributed by atoms with Gasteiger partial charge < -0.3 is 19.8 Å². The quantitative estimate of drug-likeness (QED) is 0.586. The zero-order chi connectivity index (χ0) is 22.6. The molecule has 164 valence electrons. The highest BCUT2D eigenvalue weighted by molar-refractivity contribution is 5.92. The first-order valence-electron chi connectivity index (χ1n) is 8.91. The Labute approximate surface area is 173 Å². The van der Waals surface area contributed by atoms with Crippen LogP contribution in [0.25, 0.3) is 11.5 Å². The Morgan fingerprint density at radius 3 is 2.55 bits per heavy atom. The number of hydrogen-bond donors (Lipinski definition) is 2. The maximum absolute atomic E-state index is 12.7. The lowest BCUT2D eigenvalue weighted by atomic mass is 10.1. The van der Waals surface area contributed by atoms with E-state index in [1.165, 1.54) is 23.9 Å². The summed E-state index contributed by atoms with van der Waals surface area (Å²) in [5, 5.41) is 6.80. The number of amides is 1. The van der Waals surface area contributed by atoms with Gasteiger partial charge in [-0.2, -0.15) is 5.10 Å². The van der Waals surface area contributed by atoms with Gasteiger partial charge in [0.1, 0.15) is 17.1 Å². The third-order valence-electron chi connectivity index (χ3n) is 4.09. The highest BCUT2D eigenvalue weighted by Gasteiger charge is 2.31. The fourth-order valence-corrected chi connectivity index (χ4v) is 2.76. The predicted molar refractivity (Wildman–Crippen MR) is 102 cm³/mol. The fraction of sp³-hybridized carbons (Fsp3) is 0.263. The molecule has 0 saturated carbocycles. The molecule has 0 fully saturated rings. The van der Waals surface area contributed by atoms with Crippen LogP contribution >= 0.6 is 0 Å². The molecule has 1 unspecified atom stereocenters. The van der Waals surface area contributed by atoms with E-state index in [-0.39, 0.29) is 18.1 Å². The van der Waals surface area contributed by atoms with Crippen LogP contribution in [0.4, 0.5) is 13.2 Å². The average molecular weight is 437 g/mol. The molecule has 2 heterocycles. The van der Waals surface area contributed by atoms with E-state index in [0.717, 1.165) is 18.2 Å². The van der Waals surface area contributed by atoms with Crippen molar-refractivity contribution in [2.45, 2.75) is 12.4 Å². The summed E-state index contributed by atoms with van der Waals surface area (Å²) in [6, 6.07) is 6.94. The summed E-state index contributed by atoms with van der Waals surface area (Å²) in [4.78, 5) is 31.4. The summed E-state index contributed by atoms with van der Waals surface area (Å²) in [6.45, 7) is 0.0293. The van der Waals surface area contributed by atoms with Gasteiger partial charge in [0.05, 0.1) is 12.6 Å². The van der Waals surface area contributed by atoms with Gasteiger partial charge in [0, 0.05) is 26.4 Å². The number of aryl methyl sites for hydroxylation is 1. The van der Waals surface area contributed by atoms with Crippen LogP contribution in [-0.2, 0) is 11.8 Å². The van der Waals surface area contributed by atoms with Crippen LogP contribution in [0.1, 0.15) is 22.1 Å². The van der Waals surface area contributed by atoms with Gasteiger partial charge in [-0.1, -0.05) is 12.1 Å². The number of carbonyl (C=O) groups excluding carboxylic acids is 1. The number of aromatic amines is 1. The summed E-state index contributed by atoms with van der Waals surface area (Å²) in [5.74, 6) is -0.939. The molecule has 1 amide bonds. The van der Waals surface area contributed by atoms with Gasteiger partial charge in [-0.05, 0) is 23.8 Å². The number of nitrogens with one attached hydrogen (secondary N) is 2.